The first-order valence-corrected chi connectivity index (χ1v) is 6.69. The topological polar surface area (TPSA) is 21.3 Å². The second-order valence-corrected chi connectivity index (χ2v) is 4.42. The highest BCUT2D eigenvalue weighted by Crippen LogP contribution is 2.14. The number of hydrogen-bond donors (Lipinski definition) is 1. The van der Waals surface area contributed by atoms with Crippen LogP contribution >= 0.6 is 0 Å². The van der Waals surface area contributed by atoms with Gasteiger partial charge in [-0.2, -0.15) is 0 Å². The second kappa shape index (κ2) is 8.13. The van der Waals surface area contributed by atoms with Crippen LogP contribution in [0.2, 0.25) is 0 Å². The van der Waals surface area contributed by atoms with Crippen molar-refractivity contribution in [2.45, 2.75) is 45.6 Å². The van der Waals surface area contributed by atoms with Crippen molar-refractivity contribution in [2.75, 3.05) is 13.7 Å². The van der Waals surface area contributed by atoms with Crippen molar-refractivity contribution in [2.24, 2.45) is 0 Å². The molecule has 1 atom stereocenters. The molecule has 0 fully saturated rings. The number of ether oxygens (including phenoxy) is 1. The number of hydrogen-bond acceptors (Lipinski definition) is 2. The number of benzene rings is 1. The SMILES string of the molecule is CCCOc1ccc(CCC(CC)NC)cc1. The van der Waals surface area contributed by atoms with Crippen LogP contribution in [-0.4, -0.2) is 19.7 Å². The summed E-state index contributed by atoms with van der Waals surface area (Å²) in [7, 11) is 2.04. The van der Waals surface area contributed by atoms with Gasteiger partial charge in [0.15, 0.2) is 0 Å². The van der Waals surface area contributed by atoms with E-state index in [1.54, 1.807) is 0 Å². The molecule has 1 unspecified atom stereocenters. The fourth-order valence-electron chi connectivity index (χ4n) is 1.87. The molecule has 0 aliphatic heterocycles. The molecule has 2 nitrogen and oxygen atoms in total. The maximum atomic E-state index is 5.57. The van der Waals surface area contributed by atoms with Crippen molar-refractivity contribution in [3.63, 3.8) is 0 Å². The molecule has 2 heteroatoms. The molecule has 0 aliphatic rings. The predicted molar refractivity (Wildman–Crippen MR) is 73.7 cm³/mol. The van der Waals surface area contributed by atoms with Crippen LogP contribution in [0, 0.1) is 0 Å². The Kier molecular flexibility index (Phi) is 6.71. The number of rotatable bonds is 8. The Morgan fingerprint density at radius 1 is 1.18 bits per heavy atom. The standard InChI is InChI=1S/C15H25NO/c1-4-12-17-15-10-7-13(8-11-15)6-9-14(5-2)16-3/h7-8,10-11,14,16H,4-6,9,12H2,1-3H3. The second-order valence-electron chi connectivity index (χ2n) is 4.42. The fourth-order valence-corrected chi connectivity index (χ4v) is 1.87. The molecule has 0 bridgehead atoms. The molecule has 0 radical (unpaired) electrons. The van der Waals surface area contributed by atoms with Crippen molar-refractivity contribution in [1.82, 2.24) is 5.32 Å². The summed E-state index contributed by atoms with van der Waals surface area (Å²) < 4.78 is 5.57. The summed E-state index contributed by atoms with van der Waals surface area (Å²) in [5.41, 5.74) is 1.39. The molecular weight excluding hydrogens is 210 g/mol. The highest BCUT2D eigenvalue weighted by atomic mass is 16.5. The van der Waals surface area contributed by atoms with E-state index in [9.17, 15) is 0 Å². The van der Waals surface area contributed by atoms with Crippen molar-refractivity contribution in [3.8, 4) is 5.75 Å². The van der Waals surface area contributed by atoms with Gasteiger partial charge >= 0.3 is 0 Å². The molecule has 1 aromatic carbocycles. The van der Waals surface area contributed by atoms with Gasteiger partial charge in [0, 0.05) is 6.04 Å². The predicted octanol–water partition coefficient (Wildman–Crippen LogP) is 3.41. The largest absolute Gasteiger partial charge is 0.494 e. The summed E-state index contributed by atoms with van der Waals surface area (Å²) in [5.74, 6) is 0.983. The number of nitrogens with one attached hydrogen (secondary N) is 1. The molecule has 1 N–H and O–H groups in total. The zero-order valence-electron chi connectivity index (χ0n) is 11.3. The molecule has 1 aromatic rings. The van der Waals surface area contributed by atoms with Crippen LogP contribution in [0.25, 0.3) is 0 Å². The third-order valence-corrected chi connectivity index (χ3v) is 3.08. The van der Waals surface area contributed by atoms with Crippen LogP contribution in [0.5, 0.6) is 5.75 Å². The Balaban J connectivity index is 2.39. The van der Waals surface area contributed by atoms with E-state index in [1.807, 2.05) is 7.05 Å². The van der Waals surface area contributed by atoms with E-state index in [0.29, 0.717) is 6.04 Å². The van der Waals surface area contributed by atoms with Gasteiger partial charge in [-0.25, -0.2) is 0 Å². The van der Waals surface area contributed by atoms with Crippen molar-refractivity contribution in [1.29, 1.82) is 0 Å². The van der Waals surface area contributed by atoms with Gasteiger partial charge in [-0.3, -0.25) is 0 Å². The van der Waals surface area contributed by atoms with Crippen LogP contribution in [0.4, 0.5) is 0 Å². The van der Waals surface area contributed by atoms with E-state index in [2.05, 4.69) is 43.4 Å². The van der Waals surface area contributed by atoms with E-state index in [-0.39, 0.29) is 0 Å². The van der Waals surface area contributed by atoms with Crippen LogP contribution in [0.1, 0.15) is 38.7 Å². The highest BCUT2D eigenvalue weighted by molar-refractivity contribution is 5.27. The Hall–Kier alpha value is -1.02. The van der Waals surface area contributed by atoms with Crippen molar-refractivity contribution >= 4 is 0 Å². The summed E-state index contributed by atoms with van der Waals surface area (Å²) in [5, 5.41) is 3.34. The van der Waals surface area contributed by atoms with Gasteiger partial charge in [0.05, 0.1) is 6.61 Å². The van der Waals surface area contributed by atoms with E-state index in [4.69, 9.17) is 4.74 Å². The van der Waals surface area contributed by atoms with Gasteiger partial charge in [-0.05, 0) is 50.4 Å². The van der Waals surface area contributed by atoms with Gasteiger partial charge in [-0.1, -0.05) is 26.0 Å². The maximum absolute atomic E-state index is 5.57. The molecule has 1 rings (SSSR count). The smallest absolute Gasteiger partial charge is 0.119 e. The molecule has 0 aliphatic carbocycles. The third kappa shape index (κ3) is 5.22. The quantitative estimate of drug-likeness (QED) is 0.745. The summed E-state index contributed by atoms with van der Waals surface area (Å²) in [6.45, 7) is 5.15. The average Bonchev–Trinajstić information content (AvgIpc) is 2.39. The van der Waals surface area contributed by atoms with Crippen molar-refractivity contribution < 1.29 is 4.74 Å². The fraction of sp³-hybridized carbons (Fsp3) is 0.600. The minimum atomic E-state index is 0.631. The van der Waals surface area contributed by atoms with Gasteiger partial charge in [0.1, 0.15) is 5.75 Å². The Morgan fingerprint density at radius 3 is 2.41 bits per heavy atom. The lowest BCUT2D eigenvalue weighted by molar-refractivity contribution is 0.317. The molecule has 0 spiro atoms. The zero-order chi connectivity index (χ0) is 12.5. The van der Waals surface area contributed by atoms with Crippen LogP contribution in [0.15, 0.2) is 24.3 Å². The lowest BCUT2D eigenvalue weighted by Gasteiger charge is -2.13. The number of aryl methyl sites for hydroxylation is 1. The van der Waals surface area contributed by atoms with E-state index >= 15 is 0 Å². The molecular formula is C15H25NO. The molecule has 0 aromatic heterocycles. The van der Waals surface area contributed by atoms with Gasteiger partial charge in [0.2, 0.25) is 0 Å². The maximum Gasteiger partial charge on any atom is 0.119 e. The monoisotopic (exact) mass is 235 g/mol. The first kappa shape index (κ1) is 14.0. The first-order valence-electron chi connectivity index (χ1n) is 6.69. The summed E-state index contributed by atoms with van der Waals surface area (Å²) >= 11 is 0. The molecule has 0 heterocycles. The highest BCUT2D eigenvalue weighted by Gasteiger charge is 2.03. The lowest BCUT2D eigenvalue weighted by atomic mass is 10.0. The summed E-state index contributed by atoms with van der Waals surface area (Å²) in [6, 6.07) is 9.13. The van der Waals surface area contributed by atoms with Gasteiger partial charge < -0.3 is 10.1 Å². The molecule has 0 saturated heterocycles. The third-order valence-electron chi connectivity index (χ3n) is 3.08. The minimum Gasteiger partial charge on any atom is -0.494 e. The normalized spacial score (nSPS) is 12.4. The average molecular weight is 235 g/mol. The molecule has 96 valence electrons. The molecule has 0 saturated carbocycles. The molecule has 17 heavy (non-hydrogen) atoms. The zero-order valence-corrected chi connectivity index (χ0v) is 11.3. The van der Waals surface area contributed by atoms with E-state index in [0.717, 1.165) is 25.2 Å². The van der Waals surface area contributed by atoms with Crippen LogP contribution < -0.4 is 10.1 Å². The van der Waals surface area contributed by atoms with Crippen molar-refractivity contribution in [3.05, 3.63) is 29.8 Å². The van der Waals surface area contributed by atoms with Gasteiger partial charge in [0.25, 0.3) is 0 Å². The summed E-state index contributed by atoms with van der Waals surface area (Å²) in [6.07, 6.45) is 4.58. The summed E-state index contributed by atoms with van der Waals surface area (Å²) in [4.78, 5) is 0. The van der Waals surface area contributed by atoms with Gasteiger partial charge in [-0.15, -0.1) is 0 Å². The van der Waals surface area contributed by atoms with E-state index < -0.39 is 0 Å². The minimum absolute atomic E-state index is 0.631. The van der Waals surface area contributed by atoms with Crippen LogP contribution in [0.3, 0.4) is 0 Å². The first-order chi connectivity index (χ1) is 8.30. The Morgan fingerprint density at radius 2 is 1.88 bits per heavy atom. The van der Waals surface area contributed by atoms with Crippen LogP contribution in [-0.2, 0) is 6.42 Å². The Labute approximate surface area is 105 Å². The molecule has 0 amide bonds. The van der Waals surface area contributed by atoms with E-state index in [1.165, 1.54) is 18.4 Å². The Bertz CT molecular complexity index is 290. The lowest BCUT2D eigenvalue weighted by Crippen LogP contribution is -2.24.